The zero-order valence-electron chi connectivity index (χ0n) is 36.0. The topological polar surface area (TPSA) is 29.5 Å². The van der Waals surface area contributed by atoms with E-state index in [9.17, 15) is 0 Å². The number of hydrogen-bond acceptors (Lipinski definition) is 3. The smallest absolute Gasteiger partial charge is 0.145 e. The molecular formula is C62H43NO2. The van der Waals surface area contributed by atoms with Gasteiger partial charge in [0.25, 0.3) is 0 Å². The minimum atomic E-state index is -0.616. The normalized spacial score (nSPS) is 15.1. The van der Waals surface area contributed by atoms with E-state index in [0.717, 1.165) is 84.9 Å². The van der Waals surface area contributed by atoms with Crippen molar-refractivity contribution in [2.24, 2.45) is 0 Å². The lowest BCUT2D eigenvalue weighted by Gasteiger charge is -2.32. The molecule has 11 aromatic rings. The maximum atomic E-state index is 7.18. The summed E-state index contributed by atoms with van der Waals surface area (Å²) in [6.07, 6.45) is 8.61. The molecule has 3 nitrogen and oxygen atoms in total. The number of para-hydroxylation sites is 3. The number of allylic oxidation sites excluding steroid dienone is 3. The summed E-state index contributed by atoms with van der Waals surface area (Å²) in [5, 5.41) is 4.44. The molecule has 3 heteroatoms. The van der Waals surface area contributed by atoms with Gasteiger partial charge in [-0.05, 0) is 123 Å². The highest BCUT2D eigenvalue weighted by Gasteiger charge is 2.53. The van der Waals surface area contributed by atoms with Gasteiger partial charge in [0.2, 0.25) is 0 Å². The second-order valence-electron chi connectivity index (χ2n) is 17.3. The van der Waals surface area contributed by atoms with Crippen molar-refractivity contribution in [3.05, 3.63) is 252 Å². The van der Waals surface area contributed by atoms with Crippen LogP contribution in [0, 0.1) is 0 Å². The molecule has 0 N–H and O–H groups in total. The van der Waals surface area contributed by atoms with Gasteiger partial charge in [0.15, 0.2) is 0 Å². The van der Waals surface area contributed by atoms with E-state index in [0.29, 0.717) is 0 Å². The monoisotopic (exact) mass is 833 g/mol. The standard InChI is InChI=1S/C62H43NO2/c1-2-19-41(25-17-22-40-20-5-3-6-21-40)63(42-23-7-4-8-24-42)55-37-36-48(61-59(55)49-29-12-16-35-57(49)65-61)47-31-18-30-46-43-26-9-13-32-52(43)62(60(46)47)53-33-14-10-27-44(53)50-38-51-45-28-11-15-34-56(45)64-58(51)39-54(50)62/h3-21,23-39H,2,22H2,1H3/b25-17-,41-19+. The molecule has 2 heterocycles. The van der Waals surface area contributed by atoms with Crippen LogP contribution in [0.25, 0.3) is 77.3 Å². The molecule has 0 amide bonds. The Balaban J connectivity index is 1.08. The predicted octanol–water partition coefficient (Wildman–Crippen LogP) is 16.7. The number of rotatable bonds is 8. The lowest BCUT2D eigenvalue weighted by molar-refractivity contribution is 0.666. The number of furan rings is 2. The summed E-state index contributed by atoms with van der Waals surface area (Å²) < 4.78 is 13.9. The predicted molar refractivity (Wildman–Crippen MR) is 269 cm³/mol. The Hall–Kier alpha value is -8.14. The van der Waals surface area contributed by atoms with E-state index < -0.39 is 5.41 Å². The molecule has 1 spiro atoms. The van der Waals surface area contributed by atoms with Crippen LogP contribution in [-0.4, -0.2) is 0 Å². The fourth-order valence-corrected chi connectivity index (χ4v) is 11.2. The number of benzene rings is 9. The second-order valence-corrected chi connectivity index (χ2v) is 17.3. The second kappa shape index (κ2) is 14.7. The molecule has 0 saturated heterocycles. The number of hydrogen-bond donors (Lipinski definition) is 0. The molecule has 1 atom stereocenters. The molecule has 13 rings (SSSR count). The van der Waals surface area contributed by atoms with E-state index in [1.807, 2.05) is 0 Å². The molecule has 0 fully saturated rings. The van der Waals surface area contributed by atoms with Crippen molar-refractivity contribution in [2.45, 2.75) is 25.2 Å². The van der Waals surface area contributed by atoms with Crippen molar-refractivity contribution in [1.82, 2.24) is 0 Å². The van der Waals surface area contributed by atoms with E-state index in [-0.39, 0.29) is 0 Å². The van der Waals surface area contributed by atoms with Crippen molar-refractivity contribution in [3.8, 4) is 33.4 Å². The molecule has 2 aliphatic carbocycles. The largest absolute Gasteiger partial charge is 0.456 e. The van der Waals surface area contributed by atoms with Crippen LogP contribution >= 0.6 is 0 Å². The van der Waals surface area contributed by atoms with Crippen LogP contribution in [0.15, 0.2) is 233 Å². The summed E-state index contributed by atoms with van der Waals surface area (Å²) in [5.74, 6) is 0. The summed E-state index contributed by atoms with van der Waals surface area (Å²) in [4.78, 5) is 2.41. The highest BCUT2D eigenvalue weighted by atomic mass is 16.3. The molecule has 0 bridgehead atoms. The molecule has 2 aromatic heterocycles. The zero-order chi connectivity index (χ0) is 43.1. The zero-order valence-corrected chi connectivity index (χ0v) is 36.0. The summed E-state index contributed by atoms with van der Waals surface area (Å²) in [6.45, 7) is 2.21. The first-order valence-corrected chi connectivity index (χ1v) is 22.7. The molecule has 0 aliphatic heterocycles. The van der Waals surface area contributed by atoms with Gasteiger partial charge < -0.3 is 13.7 Å². The third-order valence-corrected chi connectivity index (χ3v) is 13.8. The van der Waals surface area contributed by atoms with Gasteiger partial charge in [-0.2, -0.15) is 0 Å². The lowest BCUT2D eigenvalue weighted by Crippen LogP contribution is -2.26. The molecule has 0 radical (unpaired) electrons. The van der Waals surface area contributed by atoms with Crippen LogP contribution in [0.1, 0.15) is 41.2 Å². The van der Waals surface area contributed by atoms with E-state index in [1.165, 1.54) is 50.1 Å². The maximum absolute atomic E-state index is 7.18. The summed E-state index contributed by atoms with van der Waals surface area (Å²) >= 11 is 0. The maximum Gasteiger partial charge on any atom is 0.145 e. The number of fused-ring (bicyclic) bond motifs is 16. The van der Waals surface area contributed by atoms with E-state index >= 15 is 0 Å². The van der Waals surface area contributed by atoms with Gasteiger partial charge in [0.1, 0.15) is 22.3 Å². The van der Waals surface area contributed by atoms with Crippen LogP contribution < -0.4 is 4.90 Å². The van der Waals surface area contributed by atoms with Gasteiger partial charge in [0, 0.05) is 33.1 Å². The van der Waals surface area contributed by atoms with Crippen molar-refractivity contribution in [3.63, 3.8) is 0 Å². The van der Waals surface area contributed by atoms with E-state index in [1.54, 1.807) is 0 Å². The van der Waals surface area contributed by atoms with Crippen molar-refractivity contribution in [1.29, 1.82) is 0 Å². The van der Waals surface area contributed by atoms with Gasteiger partial charge in [-0.3, -0.25) is 0 Å². The van der Waals surface area contributed by atoms with Crippen molar-refractivity contribution >= 4 is 55.3 Å². The Morgan fingerprint density at radius 1 is 0.492 bits per heavy atom. The van der Waals surface area contributed by atoms with Crippen LogP contribution in [-0.2, 0) is 11.8 Å². The minimum absolute atomic E-state index is 0.616. The van der Waals surface area contributed by atoms with E-state index in [4.69, 9.17) is 8.83 Å². The molecule has 9 aromatic carbocycles. The highest BCUT2D eigenvalue weighted by Crippen LogP contribution is 2.65. The third kappa shape index (κ3) is 5.49. The van der Waals surface area contributed by atoms with Crippen molar-refractivity contribution < 1.29 is 8.83 Å². The summed E-state index contributed by atoms with van der Waals surface area (Å²) in [6, 6.07) is 72.6. The first-order valence-electron chi connectivity index (χ1n) is 22.7. The van der Waals surface area contributed by atoms with Gasteiger partial charge in [-0.25, -0.2) is 0 Å². The number of nitrogens with zero attached hydrogens (tertiary/aromatic N) is 1. The first-order chi connectivity index (χ1) is 32.2. The van der Waals surface area contributed by atoms with Gasteiger partial charge in [-0.15, -0.1) is 0 Å². The van der Waals surface area contributed by atoms with Gasteiger partial charge >= 0.3 is 0 Å². The Morgan fingerprint density at radius 2 is 1.11 bits per heavy atom. The first kappa shape index (κ1) is 37.4. The minimum Gasteiger partial charge on any atom is -0.456 e. The molecule has 308 valence electrons. The Morgan fingerprint density at radius 3 is 1.86 bits per heavy atom. The lowest BCUT2D eigenvalue weighted by atomic mass is 9.68. The summed E-state index contributed by atoms with van der Waals surface area (Å²) in [5.41, 5.74) is 19.8. The van der Waals surface area contributed by atoms with E-state index in [2.05, 4.69) is 230 Å². The Labute approximate surface area is 377 Å². The quantitative estimate of drug-likeness (QED) is 0.143. The molecule has 1 unspecified atom stereocenters. The number of anilines is 2. The third-order valence-electron chi connectivity index (χ3n) is 13.8. The molecule has 0 saturated carbocycles. The van der Waals surface area contributed by atoms with Gasteiger partial charge in [0.05, 0.1) is 16.5 Å². The fourth-order valence-electron chi connectivity index (χ4n) is 11.2. The highest BCUT2D eigenvalue weighted by molar-refractivity contribution is 6.18. The molecule has 2 aliphatic rings. The van der Waals surface area contributed by atoms with Crippen LogP contribution in [0.3, 0.4) is 0 Å². The van der Waals surface area contributed by atoms with Gasteiger partial charge in [-0.1, -0.05) is 171 Å². The average molecular weight is 834 g/mol. The molecular weight excluding hydrogens is 791 g/mol. The Kier molecular flexibility index (Phi) is 8.48. The Bertz CT molecular complexity index is 3740. The van der Waals surface area contributed by atoms with Crippen molar-refractivity contribution in [2.75, 3.05) is 4.90 Å². The average Bonchev–Trinajstić information content (AvgIpc) is 4.09. The fraction of sp³-hybridized carbons (Fsp3) is 0.0645. The van der Waals surface area contributed by atoms with Crippen LogP contribution in [0.4, 0.5) is 11.4 Å². The molecule has 65 heavy (non-hydrogen) atoms. The summed E-state index contributed by atoms with van der Waals surface area (Å²) in [7, 11) is 0. The SMILES string of the molecule is CC/C=C(\C=C/Cc1ccccc1)N(c1ccccc1)c1ccc(-c2cccc3c2C2(c4ccccc4-c4cc5c(cc42)oc2ccccc25)c2ccccc2-3)c2oc3ccccc3c12. The van der Waals surface area contributed by atoms with Crippen LogP contribution in [0.2, 0.25) is 0 Å². The van der Waals surface area contributed by atoms with Crippen LogP contribution in [0.5, 0.6) is 0 Å².